The van der Waals surface area contributed by atoms with Gasteiger partial charge in [-0.25, -0.2) is 4.79 Å². The number of ether oxygens (including phenoxy) is 2. The Hall–Kier alpha value is -2.77. The molecule has 32 heavy (non-hydrogen) atoms. The predicted octanol–water partition coefficient (Wildman–Crippen LogP) is 4.88. The van der Waals surface area contributed by atoms with E-state index < -0.39 is 12.1 Å². The van der Waals surface area contributed by atoms with Crippen LogP contribution in [0.25, 0.3) is 0 Å². The van der Waals surface area contributed by atoms with Crippen LogP contribution in [0.4, 0.5) is 0 Å². The SMILES string of the molecule is Cl.O=C(O)COc1ccc(Oc2ccc(CCNC[C@@H](O)c3cccc(Cl)c3)cc2)cc1. The normalized spacial score (nSPS) is 11.3. The molecule has 8 heteroatoms. The van der Waals surface area contributed by atoms with E-state index in [1.807, 2.05) is 36.4 Å². The van der Waals surface area contributed by atoms with Crippen molar-refractivity contribution in [3.8, 4) is 17.2 Å². The Morgan fingerprint density at radius 1 is 0.969 bits per heavy atom. The number of aliphatic hydroxyl groups excluding tert-OH is 1. The second-order valence-electron chi connectivity index (χ2n) is 6.92. The summed E-state index contributed by atoms with van der Waals surface area (Å²) >= 11 is 5.96. The molecule has 0 aromatic heterocycles. The highest BCUT2D eigenvalue weighted by atomic mass is 35.5. The number of carboxylic acid groups (broad SMARTS) is 1. The molecule has 3 rings (SSSR count). The van der Waals surface area contributed by atoms with Gasteiger partial charge in [0.05, 0.1) is 6.10 Å². The molecule has 0 saturated heterocycles. The van der Waals surface area contributed by atoms with Gasteiger partial charge in [0.1, 0.15) is 17.2 Å². The fourth-order valence-corrected chi connectivity index (χ4v) is 3.11. The average Bonchev–Trinajstić information content (AvgIpc) is 2.77. The molecular weight excluding hydrogens is 453 g/mol. The van der Waals surface area contributed by atoms with Crippen LogP contribution in [0.15, 0.2) is 72.8 Å². The lowest BCUT2D eigenvalue weighted by molar-refractivity contribution is -0.139. The summed E-state index contributed by atoms with van der Waals surface area (Å²) in [6.45, 7) is 0.805. The first-order chi connectivity index (χ1) is 15.0. The molecule has 0 aliphatic carbocycles. The number of aliphatic hydroxyl groups is 1. The third-order valence-corrected chi connectivity index (χ3v) is 4.74. The second-order valence-corrected chi connectivity index (χ2v) is 7.36. The van der Waals surface area contributed by atoms with Crippen molar-refractivity contribution < 1.29 is 24.5 Å². The Morgan fingerprint density at radius 2 is 1.59 bits per heavy atom. The summed E-state index contributed by atoms with van der Waals surface area (Å²) in [4.78, 5) is 10.5. The number of nitrogens with one attached hydrogen (secondary N) is 1. The van der Waals surface area contributed by atoms with Gasteiger partial charge in [-0.05, 0) is 72.6 Å². The van der Waals surface area contributed by atoms with Gasteiger partial charge in [-0.2, -0.15) is 0 Å². The van der Waals surface area contributed by atoms with E-state index in [-0.39, 0.29) is 19.0 Å². The van der Waals surface area contributed by atoms with Crippen LogP contribution >= 0.6 is 24.0 Å². The number of carboxylic acids is 1. The third kappa shape index (κ3) is 8.40. The number of aliphatic carboxylic acids is 1. The minimum absolute atomic E-state index is 0. The number of halogens is 2. The summed E-state index contributed by atoms with van der Waals surface area (Å²) in [7, 11) is 0. The smallest absolute Gasteiger partial charge is 0.341 e. The summed E-state index contributed by atoms with van der Waals surface area (Å²) in [5, 5.41) is 22.7. The molecular formula is C24H25Cl2NO5. The number of hydrogen-bond acceptors (Lipinski definition) is 5. The van der Waals surface area contributed by atoms with E-state index in [2.05, 4.69) is 5.32 Å². The van der Waals surface area contributed by atoms with Gasteiger partial charge in [-0.1, -0.05) is 35.9 Å². The van der Waals surface area contributed by atoms with E-state index in [0.29, 0.717) is 28.8 Å². The average molecular weight is 478 g/mol. The minimum atomic E-state index is -1.02. The molecule has 0 heterocycles. The van der Waals surface area contributed by atoms with Gasteiger partial charge in [0.15, 0.2) is 6.61 Å². The number of carbonyl (C=O) groups is 1. The molecule has 3 aromatic carbocycles. The first-order valence-electron chi connectivity index (χ1n) is 9.85. The largest absolute Gasteiger partial charge is 0.482 e. The third-order valence-electron chi connectivity index (χ3n) is 4.51. The highest BCUT2D eigenvalue weighted by Crippen LogP contribution is 2.24. The molecule has 6 nitrogen and oxygen atoms in total. The van der Waals surface area contributed by atoms with Crippen LogP contribution in [-0.2, 0) is 11.2 Å². The van der Waals surface area contributed by atoms with Gasteiger partial charge in [0.2, 0.25) is 0 Å². The van der Waals surface area contributed by atoms with Gasteiger partial charge in [-0.3, -0.25) is 0 Å². The maximum Gasteiger partial charge on any atom is 0.341 e. The molecule has 1 atom stereocenters. The molecule has 0 fully saturated rings. The van der Waals surface area contributed by atoms with E-state index in [9.17, 15) is 9.90 Å². The monoisotopic (exact) mass is 477 g/mol. The van der Waals surface area contributed by atoms with E-state index in [0.717, 1.165) is 24.1 Å². The fraction of sp³-hybridized carbons (Fsp3) is 0.208. The van der Waals surface area contributed by atoms with Crippen molar-refractivity contribution in [2.24, 2.45) is 0 Å². The van der Waals surface area contributed by atoms with Gasteiger partial charge in [0, 0.05) is 11.6 Å². The summed E-state index contributed by atoms with van der Waals surface area (Å²) in [5.74, 6) is 0.783. The summed E-state index contributed by atoms with van der Waals surface area (Å²) in [6.07, 6.45) is 0.216. The summed E-state index contributed by atoms with van der Waals surface area (Å²) in [6, 6.07) is 21.8. The highest BCUT2D eigenvalue weighted by molar-refractivity contribution is 6.30. The van der Waals surface area contributed by atoms with Crippen LogP contribution in [0.1, 0.15) is 17.2 Å². The number of benzene rings is 3. The van der Waals surface area contributed by atoms with Crippen molar-refractivity contribution in [2.75, 3.05) is 19.7 Å². The van der Waals surface area contributed by atoms with Gasteiger partial charge >= 0.3 is 5.97 Å². The van der Waals surface area contributed by atoms with E-state index in [1.54, 1.807) is 36.4 Å². The topological polar surface area (TPSA) is 88.0 Å². The zero-order valence-electron chi connectivity index (χ0n) is 17.2. The molecule has 0 unspecified atom stereocenters. The first kappa shape index (κ1) is 25.5. The van der Waals surface area contributed by atoms with E-state index >= 15 is 0 Å². The lowest BCUT2D eigenvalue weighted by Gasteiger charge is -2.13. The number of hydrogen-bond donors (Lipinski definition) is 3. The van der Waals surface area contributed by atoms with Gasteiger partial charge in [-0.15, -0.1) is 12.4 Å². The Balaban J connectivity index is 0.00000363. The molecule has 0 aliphatic heterocycles. The lowest BCUT2D eigenvalue weighted by Crippen LogP contribution is -2.23. The molecule has 0 aliphatic rings. The van der Waals surface area contributed by atoms with Crippen LogP contribution in [0.2, 0.25) is 5.02 Å². The molecule has 0 saturated carbocycles. The maximum absolute atomic E-state index is 10.5. The van der Waals surface area contributed by atoms with E-state index in [4.69, 9.17) is 26.2 Å². The quantitative estimate of drug-likeness (QED) is 0.341. The molecule has 3 aromatic rings. The number of rotatable bonds is 11. The predicted molar refractivity (Wildman–Crippen MR) is 126 cm³/mol. The van der Waals surface area contributed by atoms with Crippen molar-refractivity contribution in [3.63, 3.8) is 0 Å². The molecule has 170 valence electrons. The Bertz CT molecular complexity index is 980. The molecule has 0 radical (unpaired) electrons. The molecule has 0 bridgehead atoms. The van der Waals surface area contributed by atoms with Crippen LogP contribution in [0.5, 0.6) is 17.2 Å². The zero-order chi connectivity index (χ0) is 22.1. The molecule has 0 amide bonds. The maximum atomic E-state index is 10.5. The van der Waals surface area contributed by atoms with Crippen LogP contribution in [0, 0.1) is 0 Å². The highest BCUT2D eigenvalue weighted by Gasteiger charge is 2.07. The lowest BCUT2D eigenvalue weighted by atomic mass is 10.1. The fourth-order valence-electron chi connectivity index (χ4n) is 2.91. The first-order valence-corrected chi connectivity index (χ1v) is 10.2. The van der Waals surface area contributed by atoms with Gasteiger partial charge in [0.25, 0.3) is 0 Å². The second kappa shape index (κ2) is 12.9. The van der Waals surface area contributed by atoms with Crippen LogP contribution < -0.4 is 14.8 Å². The Kier molecular flexibility index (Phi) is 10.3. The van der Waals surface area contributed by atoms with E-state index in [1.165, 1.54) is 0 Å². The van der Waals surface area contributed by atoms with Crippen molar-refractivity contribution in [2.45, 2.75) is 12.5 Å². The van der Waals surface area contributed by atoms with Crippen LogP contribution in [-0.4, -0.2) is 35.9 Å². The van der Waals surface area contributed by atoms with Crippen molar-refractivity contribution in [1.82, 2.24) is 5.32 Å². The molecule has 0 spiro atoms. The van der Waals surface area contributed by atoms with Crippen molar-refractivity contribution in [1.29, 1.82) is 0 Å². The minimum Gasteiger partial charge on any atom is -0.482 e. The Labute approximate surface area is 198 Å². The standard InChI is InChI=1S/C24H24ClNO5.ClH/c25-19-3-1-2-18(14-19)23(27)15-26-13-12-17-4-6-21(7-5-17)31-22-10-8-20(9-11-22)30-16-24(28)29;/h1-11,14,23,26-27H,12-13,15-16H2,(H,28,29);1H/t23-;/m1./s1. The summed E-state index contributed by atoms with van der Waals surface area (Å²) < 4.78 is 10.9. The zero-order valence-corrected chi connectivity index (χ0v) is 18.8. The molecule has 3 N–H and O–H groups in total. The van der Waals surface area contributed by atoms with Crippen molar-refractivity contribution in [3.05, 3.63) is 88.9 Å². The van der Waals surface area contributed by atoms with Gasteiger partial charge < -0.3 is 25.0 Å². The summed E-state index contributed by atoms with van der Waals surface area (Å²) in [5.41, 5.74) is 1.94. The Morgan fingerprint density at radius 3 is 2.22 bits per heavy atom. The van der Waals surface area contributed by atoms with Crippen LogP contribution in [0.3, 0.4) is 0 Å². The van der Waals surface area contributed by atoms with Crippen molar-refractivity contribution >= 4 is 30.0 Å².